The van der Waals surface area contributed by atoms with Gasteiger partial charge < -0.3 is 5.11 Å². The molecule has 2 rings (SSSR count). The second kappa shape index (κ2) is 4.05. The number of hydrogen-bond donors (Lipinski definition) is 1. The molecule has 0 radical (unpaired) electrons. The molecule has 92 valence electrons. The molecule has 0 heterocycles. The van der Waals surface area contributed by atoms with Crippen LogP contribution in [0.15, 0.2) is 0 Å². The maximum absolute atomic E-state index is 11.7. The van der Waals surface area contributed by atoms with Crippen LogP contribution in [-0.2, 0) is 4.79 Å². The Bertz CT molecular complexity index is 282. The van der Waals surface area contributed by atoms with E-state index in [1.165, 1.54) is 6.42 Å². The fourth-order valence-electron chi connectivity index (χ4n) is 4.34. The molecule has 4 atom stereocenters. The number of hydrogen-bond acceptors (Lipinski definition) is 1. The van der Waals surface area contributed by atoms with Crippen LogP contribution in [0, 0.1) is 29.1 Å². The molecule has 2 fully saturated rings. The number of carbonyl (C=O) groups is 1. The number of carboxylic acids is 1. The fourth-order valence-corrected chi connectivity index (χ4v) is 4.34. The highest BCUT2D eigenvalue weighted by Crippen LogP contribution is 2.55. The predicted molar refractivity (Wildman–Crippen MR) is 64.1 cm³/mol. The van der Waals surface area contributed by atoms with Crippen molar-refractivity contribution in [1.29, 1.82) is 0 Å². The van der Waals surface area contributed by atoms with Gasteiger partial charge in [-0.05, 0) is 55.8 Å². The molecule has 1 N–H and O–H groups in total. The summed E-state index contributed by atoms with van der Waals surface area (Å²) in [6.45, 7) is 6.47. The molecule has 0 aliphatic heterocycles. The van der Waals surface area contributed by atoms with E-state index in [0.29, 0.717) is 5.92 Å². The number of rotatable bonds is 2. The Morgan fingerprint density at radius 3 is 2.56 bits per heavy atom. The van der Waals surface area contributed by atoms with E-state index >= 15 is 0 Å². The van der Waals surface area contributed by atoms with Crippen LogP contribution in [0.25, 0.3) is 0 Å². The van der Waals surface area contributed by atoms with Gasteiger partial charge in [0.15, 0.2) is 0 Å². The Kier molecular flexibility index (Phi) is 3.02. The van der Waals surface area contributed by atoms with Gasteiger partial charge in [-0.1, -0.05) is 20.8 Å². The van der Waals surface area contributed by atoms with Crippen LogP contribution >= 0.6 is 0 Å². The molecule has 4 unspecified atom stereocenters. The lowest BCUT2D eigenvalue weighted by atomic mass is 9.53. The molecule has 2 saturated carbocycles. The average Bonchev–Trinajstić information content (AvgIpc) is 2.16. The molecular formula is C14H24O2. The van der Waals surface area contributed by atoms with Gasteiger partial charge in [-0.25, -0.2) is 0 Å². The van der Waals surface area contributed by atoms with E-state index in [0.717, 1.165) is 37.5 Å². The molecule has 2 bridgehead atoms. The van der Waals surface area contributed by atoms with Gasteiger partial charge in [0.2, 0.25) is 0 Å². The summed E-state index contributed by atoms with van der Waals surface area (Å²) in [6.07, 6.45) is 5.65. The largest absolute Gasteiger partial charge is 0.481 e. The van der Waals surface area contributed by atoms with E-state index in [1.54, 1.807) is 0 Å². The molecule has 2 heteroatoms. The van der Waals surface area contributed by atoms with Gasteiger partial charge in [0.05, 0.1) is 5.41 Å². The molecule has 0 spiro atoms. The Morgan fingerprint density at radius 1 is 1.31 bits per heavy atom. The lowest BCUT2D eigenvalue weighted by Gasteiger charge is -2.50. The molecule has 2 aliphatic carbocycles. The first-order valence-electron chi connectivity index (χ1n) is 6.70. The Labute approximate surface area is 98.4 Å². The van der Waals surface area contributed by atoms with Gasteiger partial charge in [0, 0.05) is 0 Å². The maximum Gasteiger partial charge on any atom is 0.310 e. The Hall–Kier alpha value is -0.530. The highest BCUT2D eigenvalue weighted by molar-refractivity contribution is 5.75. The lowest BCUT2D eigenvalue weighted by Crippen LogP contribution is -2.49. The Morgan fingerprint density at radius 2 is 2.00 bits per heavy atom. The monoisotopic (exact) mass is 224 g/mol. The van der Waals surface area contributed by atoms with E-state index in [9.17, 15) is 9.90 Å². The third-order valence-corrected chi connectivity index (χ3v) is 5.16. The first-order chi connectivity index (χ1) is 7.46. The minimum Gasteiger partial charge on any atom is -0.481 e. The van der Waals surface area contributed by atoms with E-state index in [4.69, 9.17) is 0 Å². The van der Waals surface area contributed by atoms with Crippen molar-refractivity contribution in [2.75, 3.05) is 0 Å². The molecule has 2 nitrogen and oxygen atoms in total. The van der Waals surface area contributed by atoms with Crippen LogP contribution in [0.2, 0.25) is 0 Å². The molecule has 0 aromatic rings. The van der Waals surface area contributed by atoms with E-state index < -0.39 is 11.4 Å². The quantitative estimate of drug-likeness (QED) is 0.778. The van der Waals surface area contributed by atoms with Crippen molar-refractivity contribution in [2.45, 2.75) is 52.9 Å². The second-order valence-corrected chi connectivity index (χ2v) is 6.41. The summed E-state index contributed by atoms with van der Waals surface area (Å²) in [5.41, 5.74) is -0.425. The second-order valence-electron chi connectivity index (χ2n) is 6.41. The van der Waals surface area contributed by atoms with Gasteiger partial charge >= 0.3 is 5.97 Å². The van der Waals surface area contributed by atoms with Crippen LogP contribution in [0.1, 0.15) is 52.9 Å². The van der Waals surface area contributed by atoms with Crippen LogP contribution in [0.5, 0.6) is 0 Å². The average molecular weight is 224 g/mol. The minimum atomic E-state index is -0.542. The van der Waals surface area contributed by atoms with E-state index in [2.05, 4.69) is 20.8 Å². The maximum atomic E-state index is 11.7. The van der Waals surface area contributed by atoms with Crippen molar-refractivity contribution in [2.24, 2.45) is 29.1 Å². The zero-order valence-electron chi connectivity index (χ0n) is 10.7. The summed E-state index contributed by atoms with van der Waals surface area (Å²) in [5, 5.41) is 9.66. The topological polar surface area (TPSA) is 37.3 Å². The van der Waals surface area contributed by atoms with Gasteiger partial charge in [0.1, 0.15) is 0 Å². The van der Waals surface area contributed by atoms with E-state index in [-0.39, 0.29) is 5.92 Å². The molecule has 0 aromatic carbocycles. The summed E-state index contributed by atoms with van der Waals surface area (Å²) in [5.74, 6) is 1.68. The summed E-state index contributed by atoms with van der Waals surface area (Å²) in [6, 6.07) is 0. The van der Waals surface area contributed by atoms with Crippen molar-refractivity contribution in [3.63, 3.8) is 0 Å². The molecule has 2 aliphatic rings. The SMILES string of the molecule is CC1CC2CCC(C(=O)O)(C(C)C)C(C1)C2. The minimum absolute atomic E-state index is 0.265. The van der Waals surface area contributed by atoms with Gasteiger partial charge in [0.25, 0.3) is 0 Å². The van der Waals surface area contributed by atoms with Crippen LogP contribution in [0.4, 0.5) is 0 Å². The first-order valence-corrected chi connectivity index (χ1v) is 6.70. The third-order valence-electron chi connectivity index (χ3n) is 5.16. The van der Waals surface area contributed by atoms with Crippen LogP contribution in [0.3, 0.4) is 0 Å². The molecular weight excluding hydrogens is 200 g/mol. The molecule has 0 saturated heterocycles. The standard InChI is InChI=1S/C14H24O2/c1-9(2)14(13(15)16)5-4-11-6-10(3)7-12(14)8-11/h9-12H,4-8H2,1-3H3,(H,15,16). The predicted octanol–water partition coefficient (Wildman–Crippen LogP) is 3.56. The van der Waals surface area contributed by atoms with Crippen molar-refractivity contribution < 1.29 is 9.90 Å². The van der Waals surface area contributed by atoms with E-state index in [1.807, 2.05) is 0 Å². The van der Waals surface area contributed by atoms with Crippen molar-refractivity contribution in [3.05, 3.63) is 0 Å². The first kappa shape index (κ1) is 11.9. The zero-order chi connectivity index (χ0) is 11.9. The molecule has 16 heavy (non-hydrogen) atoms. The summed E-state index contributed by atoms with van der Waals surface area (Å²) >= 11 is 0. The van der Waals surface area contributed by atoms with Gasteiger partial charge in [-0.2, -0.15) is 0 Å². The summed E-state index contributed by atoms with van der Waals surface area (Å²) < 4.78 is 0. The molecule has 0 amide bonds. The van der Waals surface area contributed by atoms with Gasteiger partial charge in [-0.15, -0.1) is 0 Å². The fraction of sp³-hybridized carbons (Fsp3) is 0.929. The highest BCUT2D eigenvalue weighted by Gasteiger charge is 2.53. The lowest BCUT2D eigenvalue weighted by molar-refractivity contribution is -0.164. The molecule has 0 aromatic heterocycles. The number of fused-ring (bicyclic) bond motifs is 2. The highest BCUT2D eigenvalue weighted by atomic mass is 16.4. The summed E-state index contributed by atoms with van der Waals surface area (Å²) in [7, 11) is 0. The number of aliphatic carboxylic acids is 1. The third kappa shape index (κ3) is 1.66. The Balaban J connectivity index is 2.29. The van der Waals surface area contributed by atoms with Crippen LogP contribution in [-0.4, -0.2) is 11.1 Å². The van der Waals surface area contributed by atoms with Crippen molar-refractivity contribution >= 4 is 5.97 Å². The number of carboxylic acid groups (broad SMARTS) is 1. The normalized spacial score (nSPS) is 43.4. The summed E-state index contributed by atoms with van der Waals surface area (Å²) in [4.78, 5) is 11.7. The smallest absolute Gasteiger partial charge is 0.310 e. The van der Waals surface area contributed by atoms with Gasteiger partial charge in [-0.3, -0.25) is 4.79 Å². The zero-order valence-corrected chi connectivity index (χ0v) is 10.7. The van der Waals surface area contributed by atoms with Crippen molar-refractivity contribution in [1.82, 2.24) is 0 Å². The van der Waals surface area contributed by atoms with Crippen LogP contribution < -0.4 is 0 Å². The van der Waals surface area contributed by atoms with Crippen molar-refractivity contribution in [3.8, 4) is 0 Å².